The van der Waals surface area contributed by atoms with Crippen molar-refractivity contribution >= 4 is 64.3 Å². The van der Waals surface area contributed by atoms with E-state index >= 15 is 0 Å². The number of benzene rings is 3. The Bertz CT molecular complexity index is 1570. The van der Waals surface area contributed by atoms with Crippen molar-refractivity contribution in [3.63, 3.8) is 0 Å². The van der Waals surface area contributed by atoms with E-state index in [-0.39, 0.29) is 17.0 Å². The first-order valence-corrected chi connectivity index (χ1v) is 13.7. The molecule has 0 heterocycles. The third kappa shape index (κ3) is 7.60. The standard InChI is InChI=1S/C29H25Cl2NO12/c1-13(32-25(33)21-22(42-27(35)36)24(44-29(39)40)23(21)43-28(37)38)20(11-14-6-9-18(30)19(31)10-14)41-26(34)17-8-7-15-4-2-3-5-16(15)12-17/h2-10,12-13,20-24H,11H2,1H3,(H,32,33)(H,35,36)(H,37,38)(H,39,40)/t13-,20+,21-,22+,23-,24-/m0/s1. The fraction of sp³-hybridized carbons (Fsp3) is 0.276. The minimum atomic E-state index is -1.87. The Morgan fingerprint density at radius 2 is 1.36 bits per heavy atom. The van der Waals surface area contributed by atoms with E-state index in [1.54, 1.807) is 36.4 Å². The SMILES string of the molecule is C[C@H](NC(=O)[C@@H]1[C@H](OC(=O)O)[C@@H](OC(=O)O)[C@@H]1OC(=O)O)[C@@H](Cc1ccc(Cl)c(Cl)c1)OC(=O)c1ccc2ccccc2c1. The van der Waals surface area contributed by atoms with Gasteiger partial charge in [-0.25, -0.2) is 19.2 Å². The first kappa shape index (κ1) is 32.2. The van der Waals surface area contributed by atoms with E-state index in [4.69, 9.17) is 43.3 Å². The van der Waals surface area contributed by atoms with Gasteiger partial charge in [0.05, 0.1) is 21.7 Å². The predicted molar refractivity (Wildman–Crippen MR) is 153 cm³/mol. The Labute approximate surface area is 259 Å². The summed E-state index contributed by atoms with van der Waals surface area (Å²) in [5.41, 5.74) is 0.827. The molecule has 232 valence electrons. The molecule has 1 aliphatic rings. The van der Waals surface area contributed by atoms with Crippen molar-refractivity contribution in [2.45, 2.75) is 43.8 Å². The van der Waals surface area contributed by atoms with Crippen molar-refractivity contribution in [1.29, 1.82) is 0 Å². The Kier molecular flexibility index (Phi) is 10.0. The first-order valence-electron chi connectivity index (χ1n) is 13.0. The molecule has 0 unspecified atom stereocenters. The normalized spacial score (nSPS) is 20.3. The summed E-state index contributed by atoms with van der Waals surface area (Å²) in [6.07, 6.45) is -11.8. The second-order valence-electron chi connectivity index (χ2n) is 9.83. The summed E-state index contributed by atoms with van der Waals surface area (Å²) in [4.78, 5) is 60.3. The molecule has 44 heavy (non-hydrogen) atoms. The summed E-state index contributed by atoms with van der Waals surface area (Å²) in [6.45, 7) is 1.50. The number of rotatable bonds is 10. The highest BCUT2D eigenvalue weighted by Gasteiger charge is 2.62. The van der Waals surface area contributed by atoms with Gasteiger partial charge in [-0.05, 0) is 47.5 Å². The second kappa shape index (κ2) is 13.7. The van der Waals surface area contributed by atoms with Gasteiger partial charge in [-0.2, -0.15) is 0 Å². The molecule has 1 aliphatic carbocycles. The summed E-state index contributed by atoms with van der Waals surface area (Å²) in [7, 11) is 0. The average Bonchev–Trinajstić information content (AvgIpc) is 2.96. The summed E-state index contributed by atoms with van der Waals surface area (Å²) in [5, 5.41) is 32.1. The third-order valence-electron chi connectivity index (χ3n) is 6.96. The summed E-state index contributed by atoms with van der Waals surface area (Å²) in [5.74, 6) is -3.31. The van der Waals surface area contributed by atoms with Gasteiger partial charge in [-0.1, -0.05) is 59.6 Å². The van der Waals surface area contributed by atoms with Crippen LogP contribution in [-0.4, -0.2) is 76.1 Å². The highest BCUT2D eigenvalue weighted by atomic mass is 35.5. The molecular weight excluding hydrogens is 625 g/mol. The van der Waals surface area contributed by atoms with Crippen molar-refractivity contribution in [3.05, 3.63) is 81.8 Å². The molecule has 3 aromatic carbocycles. The van der Waals surface area contributed by atoms with E-state index in [0.29, 0.717) is 10.6 Å². The van der Waals surface area contributed by atoms with E-state index in [1.165, 1.54) is 6.92 Å². The first-order chi connectivity index (χ1) is 20.8. The predicted octanol–water partition coefficient (Wildman–Crippen LogP) is 5.24. The number of carbonyl (C=O) groups excluding carboxylic acids is 2. The van der Waals surface area contributed by atoms with Gasteiger partial charge in [0.25, 0.3) is 0 Å². The molecule has 4 rings (SSSR count). The quantitative estimate of drug-likeness (QED) is 0.165. The average molecular weight is 650 g/mol. The number of ether oxygens (including phenoxy) is 4. The lowest BCUT2D eigenvalue weighted by Crippen LogP contribution is -2.69. The Hall–Kier alpha value is -4.75. The lowest BCUT2D eigenvalue weighted by molar-refractivity contribution is -0.207. The number of halogens is 2. The molecule has 0 spiro atoms. The fourth-order valence-electron chi connectivity index (χ4n) is 4.85. The zero-order valence-electron chi connectivity index (χ0n) is 22.7. The van der Waals surface area contributed by atoms with Crippen LogP contribution in [0.15, 0.2) is 60.7 Å². The van der Waals surface area contributed by atoms with Gasteiger partial charge in [0.15, 0.2) is 18.3 Å². The van der Waals surface area contributed by atoms with Gasteiger partial charge in [-0.15, -0.1) is 0 Å². The number of carboxylic acid groups (broad SMARTS) is 3. The minimum Gasteiger partial charge on any atom is -0.456 e. The zero-order valence-corrected chi connectivity index (χ0v) is 24.2. The summed E-state index contributed by atoms with van der Waals surface area (Å²) >= 11 is 12.2. The molecule has 4 N–H and O–H groups in total. The van der Waals surface area contributed by atoms with E-state index in [1.807, 2.05) is 24.3 Å². The van der Waals surface area contributed by atoms with Crippen LogP contribution in [0, 0.1) is 5.92 Å². The van der Waals surface area contributed by atoms with Gasteiger partial charge in [0.2, 0.25) is 5.91 Å². The number of hydrogen-bond donors (Lipinski definition) is 4. The number of nitrogens with one attached hydrogen (secondary N) is 1. The zero-order chi connectivity index (χ0) is 32.1. The van der Waals surface area contributed by atoms with E-state index in [2.05, 4.69) is 19.5 Å². The van der Waals surface area contributed by atoms with Crippen LogP contribution in [0.2, 0.25) is 10.0 Å². The number of esters is 1. The number of hydrogen-bond acceptors (Lipinski definition) is 9. The molecule has 0 bridgehead atoms. The summed E-state index contributed by atoms with van der Waals surface area (Å²) in [6, 6.07) is 16.1. The molecule has 15 heteroatoms. The second-order valence-corrected chi connectivity index (χ2v) is 10.6. The molecule has 1 amide bonds. The Morgan fingerprint density at radius 3 is 1.95 bits per heavy atom. The van der Waals surface area contributed by atoms with Crippen LogP contribution in [0.1, 0.15) is 22.8 Å². The van der Waals surface area contributed by atoms with Crippen molar-refractivity contribution in [1.82, 2.24) is 5.32 Å². The fourth-order valence-corrected chi connectivity index (χ4v) is 5.18. The van der Waals surface area contributed by atoms with Crippen molar-refractivity contribution in [2.24, 2.45) is 5.92 Å². The number of fused-ring (bicyclic) bond motifs is 1. The third-order valence-corrected chi connectivity index (χ3v) is 7.70. The van der Waals surface area contributed by atoms with Crippen molar-refractivity contribution in [3.8, 4) is 0 Å². The molecule has 1 saturated carbocycles. The van der Waals surface area contributed by atoms with Crippen molar-refractivity contribution in [2.75, 3.05) is 0 Å². The maximum absolute atomic E-state index is 13.4. The molecule has 0 saturated heterocycles. The molecule has 13 nitrogen and oxygen atoms in total. The van der Waals surface area contributed by atoms with E-state index in [9.17, 15) is 24.0 Å². The largest absolute Gasteiger partial charge is 0.506 e. The van der Waals surface area contributed by atoms with E-state index in [0.717, 1.165) is 10.8 Å². The lowest BCUT2D eigenvalue weighted by Gasteiger charge is -2.46. The molecule has 0 aromatic heterocycles. The van der Waals surface area contributed by atoms with Crippen LogP contribution in [0.3, 0.4) is 0 Å². The molecular formula is C29H25Cl2NO12. The number of carbonyl (C=O) groups is 5. The van der Waals surface area contributed by atoms with Crippen LogP contribution in [0.4, 0.5) is 14.4 Å². The monoisotopic (exact) mass is 649 g/mol. The molecule has 0 aliphatic heterocycles. The molecule has 1 fully saturated rings. The van der Waals surface area contributed by atoms with Crippen LogP contribution in [-0.2, 0) is 30.2 Å². The minimum absolute atomic E-state index is 0.0389. The van der Waals surface area contributed by atoms with Gasteiger partial charge in [0.1, 0.15) is 12.0 Å². The van der Waals surface area contributed by atoms with Gasteiger partial charge >= 0.3 is 24.4 Å². The van der Waals surface area contributed by atoms with Gasteiger partial charge in [0, 0.05) is 6.42 Å². The van der Waals surface area contributed by atoms with Crippen LogP contribution >= 0.6 is 23.2 Å². The maximum atomic E-state index is 13.4. The smallest absolute Gasteiger partial charge is 0.456 e. The van der Waals surface area contributed by atoms with Crippen molar-refractivity contribution < 1.29 is 58.2 Å². The molecule has 6 atom stereocenters. The van der Waals surface area contributed by atoms with Crippen LogP contribution in [0.5, 0.6) is 0 Å². The maximum Gasteiger partial charge on any atom is 0.506 e. The Balaban J connectivity index is 1.59. The lowest BCUT2D eigenvalue weighted by atomic mass is 9.74. The molecule has 0 radical (unpaired) electrons. The Morgan fingerprint density at radius 1 is 0.773 bits per heavy atom. The highest BCUT2D eigenvalue weighted by Crippen LogP contribution is 2.37. The topological polar surface area (TPSA) is 195 Å². The van der Waals surface area contributed by atoms with Crippen LogP contribution in [0.25, 0.3) is 10.8 Å². The van der Waals surface area contributed by atoms with Gasteiger partial charge in [-0.3, -0.25) is 4.79 Å². The summed E-state index contributed by atoms with van der Waals surface area (Å²) < 4.78 is 19.7. The molecule has 3 aromatic rings. The van der Waals surface area contributed by atoms with Crippen LogP contribution < -0.4 is 5.32 Å². The highest BCUT2D eigenvalue weighted by molar-refractivity contribution is 6.42. The van der Waals surface area contributed by atoms with Gasteiger partial charge < -0.3 is 39.6 Å². The number of amides is 1. The van der Waals surface area contributed by atoms with E-state index < -0.39 is 66.7 Å².